The number of nitro groups is 1. The van der Waals surface area contributed by atoms with E-state index in [0.717, 1.165) is 42.9 Å². The molecule has 1 saturated heterocycles. The fourth-order valence-corrected chi connectivity index (χ4v) is 3.49. The Bertz CT molecular complexity index is 978. The van der Waals surface area contributed by atoms with Gasteiger partial charge in [-0.3, -0.25) is 19.8 Å². The van der Waals surface area contributed by atoms with Gasteiger partial charge in [0.2, 0.25) is 5.91 Å². The highest BCUT2D eigenvalue weighted by Crippen LogP contribution is 2.34. The zero-order chi connectivity index (χ0) is 23.8. The molecule has 1 amide bonds. The van der Waals surface area contributed by atoms with Crippen molar-refractivity contribution < 1.29 is 27.6 Å². The maximum Gasteiger partial charge on any atom is 0.416 e. The highest BCUT2D eigenvalue weighted by atomic mass is 19.4. The molecule has 33 heavy (non-hydrogen) atoms. The van der Waals surface area contributed by atoms with Crippen LogP contribution in [0.2, 0.25) is 0 Å². The molecule has 1 aliphatic rings. The first-order chi connectivity index (χ1) is 15.7. The molecule has 1 aliphatic heterocycles. The maximum atomic E-state index is 12.8. The van der Waals surface area contributed by atoms with Crippen molar-refractivity contribution in [1.82, 2.24) is 10.2 Å². The lowest BCUT2D eigenvalue weighted by Gasteiger charge is -2.27. The van der Waals surface area contributed by atoms with Crippen LogP contribution in [0.4, 0.5) is 24.5 Å². The van der Waals surface area contributed by atoms with E-state index in [1.807, 2.05) is 24.3 Å². The number of rotatable bonds is 9. The van der Waals surface area contributed by atoms with Gasteiger partial charge < -0.3 is 15.4 Å². The first kappa shape index (κ1) is 24.5. The van der Waals surface area contributed by atoms with Crippen molar-refractivity contribution in [3.63, 3.8) is 0 Å². The van der Waals surface area contributed by atoms with Gasteiger partial charge in [0.1, 0.15) is 5.69 Å². The van der Waals surface area contributed by atoms with E-state index >= 15 is 0 Å². The Morgan fingerprint density at radius 2 is 1.82 bits per heavy atom. The van der Waals surface area contributed by atoms with Gasteiger partial charge in [0.05, 0.1) is 23.7 Å². The number of hydrogen-bond donors (Lipinski definition) is 2. The second-order valence-electron chi connectivity index (χ2n) is 7.60. The number of carbonyl (C=O) groups is 1. The van der Waals surface area contributed by atoms with Crippen LogP contribution in [0.3, 0.4) is 0 Å². The van der Waals surface area contributed by atoms with Crippen LogP contribution < -0.4 is 10.6 Å². The molecule has 0 atom stereocenters. The third-order valence-corrected chi connectivity index (χ3v) is 5.28. The number of amides is 1. The van der Waals surface area contributed by atoms with Crippen LogP contribution in [0.15, 0.2) is 42.5 Å². The molecule has 11 heteroatoms. The number of nitrogens with one attached hydrogen (secondary N) is 2. The molecule has 0 bridgehead atoms. The van der Waals surface area contributed by atoms with E-state index in [1.54, 1.807) is 0 Å². The standard InChI is InChI=1S/C22H25F3N4O4/c23-22(24,25)18-5-6-19(20(13-18)29(31)32)26-8-7-21(30)27-14-16-3-1-2-4-17(16)15-28-9-11-33-12-10-28/h1-6,13,26H,7-12,14-15H2,(H,27,30). The van der Waals surface area contributed by atoms with Crippen LogP contribution in [0.5, 0.6) is 0 Å². The fraction of sp³-hybridized carbons (Fsp3) is 0.409. The van der Waals surface area contributed by atoms with Gasteiger partial charge in [-0.25, -0.2) is 0 Å². The predicted octanol–water partition coefficient (Wildman–Crippen LogP) is 3.56. The summed E-state index contributed by atoms with van der Waals surface area (Å²) >= 11 is 0. The number of nitro benzene ring substituents is 1. The maximum absolute atomic E-state index is 12.8. The molecule has 0 spiro atoms. The lowest BCUT2D eigenvalue weighted by Crippen LogP contribution is -2.36. The fourth-order valence-electron chi connectivity index (χ4n) is 3.49. The van der Waals surface area contributed by atoms with Crippen LogP contribution >= 0.6 is 0 Å². The number of anilines is 1. The van der Waals surface area contributed by atoms with Crippen molar-refractivity contribution in [1.29, 1.82) is 0 Å². The summed E-state index contributed by atoms with van der Waals surface area (Å²) in [6, 6.07) is 10.1. The summed E-state index contributed by atoms with van der Waals surface area (Å²) in [4.78, 5) is 24.8. The van der Waals surface area contributed by atoms with Crippen LogP contribution in [0, 0.1) is 10.1 Å². The summed E-state index contributed by atoms with van der Waals surface area (Å²) in [7, 11) is 0. The van der Waals surface area contributed by atoms with Gasteiger partial charge in [-0.2, -0.15) is 13.2 Å². The molecule has 2 N–H and O–H groups in total. The second-order valence-corrected chi connectivity index (χ2v) is 7.60. The van der Waals surface area contributed by atoms with Crippen LogP contribution in [0.1, 0.15) is 23.1 Å². The van der Waals surface area contributed by atoms with Crippen LogP contribution in [0.25, 0.3) is 0 Å². The molecule has 1 fully saturated rings. The molecule has 2 aromatic rings. The van der Waals surface area contributed by atoms with E-state index in [2.05, 4.69) is 15.5 Å². The molecule has 3 rings (SSSR count). The highest BCUT2D eigenvalue weighted by Gasteiger charge is 2.33. The number of benzene rings is 2. The van der Waals surface area contributed by atoms with Gasteiger partial charge in [-0.05, 0) is 23.3 Å². The molecule has 0 unspecified atom stereocenters. The van der Waals surface area contributed by atoms with Gasteiger partial charge in [-0.1, -0.05) is 24.3 Å². The zero-order valence-electron chi connectivity index (χ0n) is 17.9. The molecule has 0 aromatic heterocycles. The largest absolute Gasteiger partial charge is 0.416 e. The number of halogens is 3. The van der Waals surface area contributed by atoms with E-state index in [4.69, 9.17) is 4.74 Å². The lowest BCUT2D eigenvalue weighted by atomic mass is 10.1. The van der Waals surface area contributed by atoms with E-state index in [-0.39, 0.29) is 24.6 Å². The van der Waals surface area contributed by atoms with E-state index in [9.17, 15) is 28.1 Å². The number of carbonyl (C=O) groups excluding carboxylic acids is 1. The molecule has 8 nitrogen and oxygen atoms in total. The van der Waals surface area contributed by atoms with Gasteiger partial charge in [0.15, 0.2) is 0 Å². The summed E-state index contributed by atoms with van der Waals surface area (Å²) in [5.41, 5.74) is 0.231. The Kier molecular flexibility index (Phi) is 8.23. The summed E-state index contributed by atoms with van der Waals surface area (Å²) in [5.74, 6) is -0.279. The Labute approximate surface area is 188 Å². The van der Waals surface area contributed by atoms with Crippen LogP contribution in [-0.4, -0.2) is 48.6 Å². The number of nitrogens with zero attached hydrogens (tertiary/aromatic N) is 2. The van der Waals surface area contributed by atoms with Gasteiger partial charge >= 0.3 is 6.18 Å². The summed E-state index contributed by atoms with van der Waals surface area (Å²) in [5, 5.41) is 16.6. The van der Waals surface area contributed by atoms with E-state index in [1.165, 1.54) is 0 Å². The zero-order valence-corrected chi connectivity index (χ0v) is 17.9. The van der Waals surface area contributed by atoms with Crippen LogP contribution in [-0.2, 0) is 28.8 Å². The molecular weight excluding hydrogens is 441 g/mol. The highest BCUT2D eigenvalue weighted by molar-refractivity contribution is 5.76. The van der Waals surface area contributed by atoms with Crippen molar-refractivity contribution >= 4 is 17.3 Å². The molecular formula is C22H25F3N4O4. The Balaban J connectivity index is 1.51. The summed E-state index contributed by atoms with van der Waals surface area (Å²) in [6.07, 6.45) is -4.68. The smallest absolute Gasteiger partial charge is 0.379 e. The normalized spacial score (nSPS) is 14.6. The molecule has 0 aliphatic carbocycles. The first-order valence-corrected chi connectivity index (χ1v) is 10.5. The van der Waals surface area contributed by atoms with Crippen molar-refractivity contribution in [2.45, 2.75) is 25.7 Å². The molecule has 0 saturated carbocycles. The van der Waals surface area contributed by atoms with Crippen molar-refractivity contribution in [2.75, 3.05) is 38.2 Å². The Morgan fingerprint density at radius 1 is 1.12 bits per heavy atom. The predicted molar refractivity (Wildman–Crippen MR) is 116 cm³/mol. The number of alkyl halides is 3. The minimum atomic E-state index is -4.68. The van der Waals surface area contributed by atoms with E-state index in [0.29, 0.717) is 25.8 Å². The molecule has 1 heterocycles. The van der Waals surface area contributed by atoms with Gasteiger partial charge in [0, 0.05) is 45.2 Å². The molecule has 0 radical (unpaired) electrons. The minimum absolute atomic E-state index is 0.00378. The molecule has 2 aromatic carbocycles. The SMILES string of the molecule is O=C(CCNc1ccc(C(F)(F)F)cc1[N+](=O)[O-])NCc1ccccc1CN1CCOCC1. The Morgan fingerprint density at radius 3 is 2.48 bits per heavy atom. The van der Waals surface area contributed by atoms with Gasteiger partial charge in [0.25, 0.3) is 5.69 Å². The van der Waals surface area contributed by atoms with Crippen molar-refractivity contribution in [3.05, 3.63) is 69.3 Å². The second kappa shape index (κ2) is 11.1. The third kappa shape index (κ3) is 7.16. The monoisotopic (exact) mass is 466 g/mol. The lowest BCUT2D eigenvalue weighted by molar-refractivity contribution is -0.384. The first-order valence-electron chi connectivity index (χ1n) is 10.5. The van der Waals surface area contributed by atoms with Crippen molar-refractivity contribution in [2.24, 2.45) is 0 Å². The third-order valence-electron chi connectivity index (χ3n) is 5.28. The number of ether oxygens (including phenoxy) is 1. The van der Waals surface area contributed by atoms with Gasteiger partial charge in [-0.15, -0.1) is 0 Å². The number of morpholine rings is 1. The molecule has 178 valence electrons. The topological polar surface area (TPSA) is 96.7 Å². The number of hydrogen-bond acceptors (Lipinski definition) is 6. The Hall–Kier alpha value is -3.18. The van der Waals surface area contributed by atoms with Crippen molar-refractivity contribution in [3.8, 4) is 0 Å². The summed E-state index contributed by atoms with van der Waals surface area (Å²) < 4.78 is 43.8. The van der Waals surface area contributed by atoms with E-state index < -0.39 is 22.4 Å². The minimum Gasteiger partial charge on any atom is -0.379 e. The summed E-state index contributed by atoms with van der Waals surface area (Å²) in [6.45, 7) is 4.22. The average Bonchev–Trinajstić information content (AvgIpc) is 2.78. The quantitative estimate of drug-likeness (QED) is 0.433. The average molecular weight is 466 g/mol.